The van der Waals surface area contributed by atoms with Gasteiger partial charge in [0.25, 0.3) is 0 Å². The minimum atomic E-state index is -0.354. The maximum atomic E-state index is 6.97. The van der Waals surface area contributed by atoms with E-state index in [0.29, 0.717) is 6.04 Å². The fourth-order valence-corrected chi connectivity index (χ4v) is 8.16. The molecule has 300 valence electrons. The van der Waals surface area contributed by atoms with Crippen LogP contribution in [-0.2, 0) is 16.0 Å². The molecule has 1 aromatic heterocycles. The molecule has 0 radical (unpaired) electrons. The molecule has 1 aromatic rings. The van der Waals surface area contributed by atoms with Gasteiger partial charge in [-0.25, -0.2) is 0 Å². The van der Waals surface area contributed by atoms with Crippen LogP contribution < -0.4 is 0 Å². The van der Waals surface area contributed by atoms with Gasteiger partial charge < -0.3 is 9.47 Å². The van der Waals surface area contributed by atoms with E-state index in [1.165, 1.54) is 147 Å². The fourth-order valence-electron chi connectivity index (χ4n) is 8.16. The lowest BCUT2D eigenvalue weighted by atomic mass is 9.98. The van der Waals surface area contributed by atoms with Gasteiger partial charge in [0.15, 0.2) is 5.79 Å². The Hall–Kier alpha value is -2.01. The maximum absolute atomic E-state index is 6.97. The molecule has 0 bridgehead atoms. The fraction of sp³-hybridized carbons (Fsp3) is 0.735. The third-order valence-electron chi connectivity index (χ3n) is 11.5. The van der Waals surface area contributed by atoms with Crippen molar-refractivity contribution in [3.8, 4) is 0 Å². The average molecular weight is 731 g/mol. The molecular formula is C49H82N2O2. The minimum absolute atomic E-state index is 0.241. The number of rotatable bonds is 33. The van der Waals surface area contributed by atoms with Crippen molar-refractivity contribution in [2.24, 2.45) is 0 Å². The van der Waals surface area contributed by atoms with Crippen LogP contribution in [0.5, 0.6) is 0 Å². The molecule has 4 nitrogen and oxygen atoms in total. The highest BCUT2D eigenvalue weighted by Crippen LogP contribution is 2.45. The van der Waals surface area contributed by atoms with Gasteiger partial charge in [-0.1, -0.05) is 146 Å². The number of aromatic nitrogens is 1. The molecule has 1 aliphatic carbocycles. The lowest BCUT2D eigenvalue weighted by molar-refractivity contribution is -0.193. The summed E-state index contributed by atoms with van der Waals surface area (Å²) in [6.07, 6.45) is 58.3. The Morgan fingerprint density at radius 2 is 1.04 bits per heavy atom. The minimum Gasteiger partial charge on any atom is -0.344 e. The molecule has 1 saturated heterocycles. The zero-order valence-corrected chi connectivity index (χ0v) is 34.9. The van der Waals surface area contributed by atoms with Crippen LogP contribution in [0.1, 0.15) is 199 Å². The van der Waals surface area contributed by atoms with Crippen LogP contribution in [0, 0.1) is 0 Å². The predicted molar refractivity (Wildman–Crippen MR) is 229 cm³/mol. The molecule has 3 rings (SSSR count). The Labute approximate surface area is 328 Å². The molecule has 0 spiro atoms. The van der Waals surface area contributed by atoms with E-state index in [4.69, 9.17) is 9.47 Å². The first-order valence-corrected chi connectivity index (χ1v) is 22.7. The van der Waals surface area contributed by atoms with Crippen LogP contribution in [0.15, 0.2) is 73.1 Å². The molecule has 0 aromatic carbocycles. The summed E-state index contributed by atoms with van der Waals surface area (Å²) in [5.41, 5.74) is 1.28. The summed E-state index contributed by atoms with van der Waals surface area (Å²) >= 11 is 0. The van der Waals surface area contributed by atoms with Gasteiger partial charge in [-0.05, 0) is 109 Å². The van der Waals surface area contributed by atoms with E-state index in [1.807, 2.05) is 18.5 Å². The van der Waals surface area contributed by atoms with Crippen LogP contribution in [-0.4, -0.2) is 41.0 Å². The SMILES string of the molecule is CCCCCC=CCC=CCCCCCCCCC1(CCCCCCCCC=CCC=CCCCCC)OC2CC(N(C)Cc3cccnc3)CC2O1. The largest absolute Gasteiger partial charge is 0.344 e. The number of fused-ring (bicyclic) bond motifs is 1. The topological polar surface area (TPSA) is 34.6 Å². The van der Waals surface area contributed by atoms with Gasteiger partial charge in [0.1, 0.15) is 0 Å². The Morgan fingerprint density at radius 1 is 0.604 bits per heavy atom. The van der Waals surface area contributed by atoms with Gasteiger partial charge in [-0.15, -0.1) is 0 Å². The van der Waals surface area contributed by atoms with E-state index in [2.05, 4.69) is 85.5 Å². The number of pyridine rings is 1. The van der Waals surface area contributed by atoms with Gasteiger partial charge >= 0.3 is 0 Å². The van der Waals surface area contributed by atoms with Crippen molar-refractivity contribution in [2.45, 2.75) is 224 Å². The molecule has 0 N–H and O–H groups in total. The molecule has 1 saturated carbocycles. The monoisotopic (exact) mass is 731 g/mol. The number of hydrogen-bond donors (Lipinski definition) is 0. The van der Waals surface area contributed by atoms with E-state index in [-0.39, 0.29) is 18.0 Å². The molecule has 4 heteroatoms. The van der Waals surface area contributed by atoms with Crippen LogP contribution >= 0.6 is 0 Å². The van der Waals surface area contributed by atoms with Crippen molar-refractivity contribution in [3.05, 3.63) is 78.7 Å². The number of nitrogens with zero attached hydrogens (tertiary/aromatic N) is 2. The second-order valence-corrected chi connectivity index (χ2v) is 16.3. The second kappa shape index (κ2) is 30.2. The smallest absolute Gasteiger partial charge is 0.169 e. The van der Waals surface area contributed by atoms with Gasteiger partial charge in [0, 0.05) is 37.8 Å². The van der Waals surface area contributed by atoms with Gasteiger partial charge in [-0.3, -0.25) is 9.88 Å². The standard InChI is InChI=1S/C49H82N2O2/c1-4-6-8-10-12-14-16-18-20-22-24-26-28-30-32-34-38-49(39-35-33-31-29-27-25-23-21-19-17-15-13-11-9-7-5-2)52-47-41-46(42-48(47)53-49)51(3)44-45-37-36-40-50-43-45/h12-15,18-21,36-37,40,43,46-48H,4-11,16-17,22-35,38-39,41-42,44H2,1-3H3. The zero-order valence-electron chi connectivity index (χ0n) is 34.9. The molecule has 1 aliphatic heterocycles. The summed E-state index contributed by atoms with van der Waals surface area (Å²) in [6, 6.07) is 4.72. The van der Waals surface area contributed by atoms with Crippen molar-refractivity contribution in [1.29, 1.82) is 0 Å². The Bertz CT molecular complexity index is 1050. The van der Waals surface area contributed by atoms with Crippen molar-refractivity contribution in [1.82, 2.24) is 9.88 Å². The first-order chi connectivity index (χ1) is 26.2. The first kappa shape index (κ1) is 45.4. The van der Waals surface area contributed by atoms with Crippen LogP contribution in [0.2, 0.25) is 0 Å². The van der Waals surface area contributed by atoms with Crippen molar-refractivity contribution in [3.63, 3.8) is 0 Å². The molecule has 53 heavy (non-hydrogen) atoms. The van der Waals surface area contributed by atoms with Gasteiger partial charge in [0.05, 0.1) is 12.2 Å². The summed E-state index contributed by atoms with van der Waals surface area (Å²) in [7, 11) is 2.25. The molecule has 2 unspecified atom stereocenters. The lowest BCUT2D eigenvalue weighted by Crippen LogP contribution is -2.35. The third-order valence-corrected chi connectivity index (χ3v) is 11.5. The van der Waals surface area contributed by atoms with Crippen molar-refractivity contribution >= 4 is 0 Å². The second-order valence-electron chi connectivity index (χ2n) is 16.3. The molecule has 0 amide bonds. The molecule has 2 aliphatic rings. The van der Waals surface area contributed by atoms with Gasteiger partial charge in [-0.2, -0.15) is 0 Å². The van der Waals surface area contributed by atoms with E-state index in [9.17, 15) is 0 Å². The van der Waals surface area contributed by atoms with E-state index in [1.54, 1.807) is 0 Å². The molecular weight excluding hydrogens is 649 g/mol. The number of allylic oxidation sites excluding steroid dienone is 8. The molecule has 2 heterocycles. The Balaban J connectivity index is 1.31. The predicted octanol–water partition coefficient (Wildman–Crippen LogP) is 14.6. The highest BCUT2D eigenvalue weighted by Gasteiger charge is 2.51. The highest BCUT2D eigenvalue weighted by atomic mass is 16.8. The molecule has 2 fully saturated rings. The maximum Gasteiger partial charge on any atom is 0.169 e. The third kappa shape index (κ3) is 21.0. The highest BCUT2D eigenvalue weighted by molar-refractivity contribution is 5.09. The van der Waals surface area contributed by atoms with E-state index in [0.717, 1.165) is 45.1 Å². The van der Waals surface area contributed by atoms with Crippen molar-refractivity contribution < 1.29 is 9.47 Å². The number of unbranched alkanes of at least 4 members (excludes halogenated alkanes) is 18. The molecule has 2 atom stereocenters. The quantitative estimate of drug-likeness (QED) is 0.0533. The van der Waals surface area contributed by atoms with E-state index >= 15 is 0 Å². The van der Waals surface area contributed by atoms with Crippen LogP contribution in [0.4, 0.5) is 0 Å². The van der Waals surface area contributed by atoms with Gasteiger partial charge in [0.2, 0.25) is 0 Å². The summed E-state index contributed by atoms with van der Waals surface area (Å²) < 4.78 is 13.9. The van der Waals surface area contributed by atoms with Crippen LogP contribution in [0.3, 0.4) is 0 Å². The van der Waals surface area contributed by atoms with E-state index < -0.39 is 0 Å². The number of ether oxygens (including phenoxy) is 2. The Kier molecular flexibility index (Phi) is 25.9. The number of hydrogen-bond acceptors (Lipinski definition) is 4. The van der Waals surface area contributed by atoms with Crippen LogP contribution in [0.25, 0.3) is 0 Å². The Morgan fingerprint density at radius 3 is 1.47 bits per heavy atom. The zero-order chi connectivity index (χ0) is 37.5. The first-order valence-electron chi connectivity index (χ1n) is 22.7. The van der Waals surface area contributed by atoms with Crippen molar-refractivity contribution in [2.75, 3.05) is 7.05 Å². The summed E-state index contributed by atoms with van der Waals surface area (Å²) in [5.74, 6) is -0.354. The average Bonchev–Trinajstić information content (AvgIpc) is 3.72. The lowest BCUT2D eigenvalue weighted by Gasteiger charge is -2.32. The summed E-state index contributed by atoms with van der Waals surface area (Å²) in [6.45, 7) is 5.47. The summed E-state index contributed by atoms with van der Waals surface area (Å²) in [5, 5.41) is 0. The normalized spacial score (nSPS) is 21.8. The summed E-state index contributed by atoms with van der Waals surface area (Å²) in [4.78, 5) is 6.80.